The van der Waals surface area contributed by atoms with Crippen molar-refractivity contribution in [1.82, 2.24) is 5.32 Å². The SMILES string of the molecule is CCNC(CC)c1ccc(OC2CCCOC2)cc1. The first kappa shape index (κ1) is 14.4. The van der Waals surface area contributed by atoms with Crippen molar-refractivity contribution in [2.45, 2.75) is 45.3 Å². The van der Waals surface area contributed by atoms with Gasteiger partial charge in [-0.1, -0.05) is 26.0 Å². The molecule has 1 aromatic rings. The van der Waals surface area contributed by atoms with Crippen LogP contribution in [0, 0.1) is 0 Å². The number of hydrogen-bond donors (Lipinski definition) is 1. The lowest BCUT2D eigenvalue weighted by atomic mass is 10.0. The van der Waals surface area contributed by atoms with E-state index >= 15 is 0 Å². The zero-order chi connectivity index (χ0) is 13.5. The van der Waals surface area contributed by atoms with Crippen LogP contribution in [0.3, 0.4) is 0 Å². The fourth-order valence-corrected chi connectivity index (χ4v) is 2.52. The predicted molar refractivity (Wildman–Crippen MR) is 77.6 cm³/mol. The van der Waals surface area contributed by atoms with Gasteiger partial charge < -0.3 is 14.8 Å². The molecule has 2 atom stereocenters. The van der Waals surface area contributed by atoms with Gasteiger partial charge in [0.2, 0.25) is 0 Å². The summed E-state index contributed by atoms with van der Waals surface area (Å²) in [6.45, 7) is 6.94. The summed E-state index contributed by atoms with van der Waals surface area (Å²) in [6.07, 6.45) is 3.51. The van der Waals surface area contributed by atoms with E-state index in [1.165, 1.54) is 5.56 Å². The number of ether oxygens (including phenoxy) is 2. The molecule has 1 aliphatic rings. The number of hydrogen-bond acceptors (Lipinski definition) is 3. The standard InChI is InChI=1S/C16H25NO2/c1-3-16(17-4-2)13-7-9-14(10-8-13)19-15-6-5-11-18-12-15/h7-10,15-17H,3-6,11-12H2,1-2H3. The molecule has 1 aliphatic heterocycles. The van der Waals surface area contributed by atoms with Crippen molar-refractivity contribution in [3.8, 4) is 5.75 Å². The second-order valence-corrected chi connectivity index (χ2v) is 5.04. The summed E-state index contributed by atoms with van der Waals surface area (Å²) in [7, 11) is 0. The van der Waals surface area contributed by atoms with E-state index in [-0.39, 0.29) is 6.10 Å². The molecule has 0 amide bonds. The highest BCUT2D eigenvalue weighted by Gasteiger charge is 2.15. The Labute approximate surface area is 116 Å². The molecule has 106 valence electrons. The van der Waals surface area contributed by atoms with Crippen molar-refractivity contribution in [3.05, 3.63) is 29.8 Å². The van der Waals surface area contributed by atoms with Crippen LogP contribution in [-0.2, 0) is 4.74 Å². The lowest BCUT2D eigenvalue weighted by Gasteiger charge is -2.23. The molecule has 3 nitrogen and oxygen atoms in total. The molecule has 1 aromatic carbocycles. The van der Waals surface area contributed by atoms with Crippen LogP contribution >= 0.6 is 0 Å². The number of rotatable bonds is 6. The summed E-state index contributed by atoms with van der Waals surface area (Å²) in [5.41, 5.74) is 1.33. The zero-order valence-electron chi connectivity index (χ0n) is 12.0. The van der Waals surface area contributed by atoms with E-state index < -0.39 is 0 Å². The van der Waals surface area contributed by atoms with Gasteiger partial charge in [-0.15, -0.1) is 0 Å². The van der Waals surface area contributed by atoms with E-state index in [0.717, 1.165) is 44.8 Å². The lowest BCUT2D eigenvalue weighted by molar-refractivity contribution is 0.00742. The van der Waals surface area contributed by atoms with Gasteiger partial charge in [0.25, 0.3) is 0 Å². The highest BCUT2D eigenvalue weighted by Crippen LogP contribution is 2.22. The largest absolute Gasteiger partial charge is 0.488 e. The van der Waals surface area contributed by atoms with Crippen LogP contribution in [0.25, 0.3) is 0 Å². The molecule has 1 heterocycles. The average molecular weight is 263 g/mol. The molecule has 1 N–H and O–H groups in total. The van der Waals surface area contributed by atoms with Gasteiger partial charge in [-0.05, 0) is 43.5 Å². The molecule has 0 bridgehead atoms. The van der Waals surface area contributed by atoms with Crippen LogP contribution in [0.4, 0.5) is 0 Å². The molecule has 1 fully saturated rings. The van der Waals surface area contributed by atoms with Gasteiger partial charge in [0, 0.05) is 12.6 Å². The van der Waals surface area contributed by atoms with E-state index in [1.54, 1.807) is 0 Å². The number of benzene rings is 1. The van der Waals surface area contributed by atoms with E-state index in [9.17, 15) is 0 Å². The Kier molecular flexibility index (Phi) is 5.67. The topological polar surface area (TPSA) is 30.5 Å². The second-order valence-electron chi connectivity index (χ2n) is 5.04. The molecule has 0 aliphatic carbocycles. The minimum Gasteiger partial charge on any atom is -0.488 e. The molecule has 0 saturated carbocycles. The molecule has 0 aromatic heterocycles. The van der Waals surface area contributed by atoms with Crippen LogP contribution in [0.2, 0.25) is 0 Å². The van der Waals surface area contributed by atoms with Gasteiger partial charge >= 0.3 is 0 Å². The third-order valence-electron chi connectivity index (χ3n) is 3.56. The first-order valence-electron chi connectivity index (χ1n) is 7.41. The van der Waals surface area contributed by atoms with Crippen LogP contribution in [0.5, 0.6) is 5.75 Å². The van der Waals surface area contributed by atoms with Crippen molar-refractivity contribution in [1.29, 1.82) is 0 Å². The second kappa shape index (κ2) is 7.51. The summed E-state index contributed by atoms with van der Waals surface area (Å²) in [6, 6.07) is 8.91. The maximum absolute atomic E-state index is 5.94. The Bertz CT molecular complexity index is 358. The highest BCUT2D eigenvalue weighted by molar-refractivity contribution is 5.29. The van der Waals surface area contributed by atoms with Crippen molar-refractivity contribution in [3.63, 3.8) is 0 Å². The Hall–Kier alpha value is -1.06. The molecule has 2 unspecified atom stereocenters. The summed E-state index contributed by atoms with van der Waals surface area (Å²) in [4.78, 5) is 0. The smallest absolute Gasteiger partial charge is 0.122 e. The molecule has 0 spiro atoms. The van der Waals surface area contributed by atoms with Gasteiger partial charge in [0.05, 0.1) is 6.61 Å². The van der Waals surface area contributed by atoms with Crippen molar-refractivity contribution in [2.24, 2.45) is 0 Å². The lowest BCUT2D eigenvalue weighted by Crippen LogP contribution is -2.28. The molecule has 19 heavy (non-hydrogen) atoms. The van der Waals surface area contributed by atoms with Crippen molar-refractivity contribution >= 4 is 0 Å². The quantitative estimate of drug-likeness (QED) is 0.854. The van der Waals surface area contributed by atoms with Crippen LogP contribution in [0.1, 0.15) is 44.7 Å². The van der Waals surface area contributed by atoms with E-state index in [1.807, 2.05) is 0 Å². The molecular formula is C16H25NO2. The molecule has 0 radical (unpaired) electrons. The first-order chi connectivity index (χ1) is 9.33. The van der Waals surface area contributed by atoms with Gasteiger partial charge in [-0.25, -0.2) is 0 Å². The van der Waals surface area contributed by atoms with Gasteiger partial charge in [0.15, 0.2) is 0 Å². The van der Waals surface area contributed by atoms with E-state index in [0.29, 0.717) is 6.04 Å². The van der Waals surface area contributed by atoms with Crippen molar-refractivity contribution < 1.29 is 9.47 Å². The molecule has 3 heteroatoms. The Balaban J connectivity index is 1.93. The highest BCUT2D eigenvalue weighted by atomic mass is 16.5. The van der Waals surface area contributed by atoms with Gasteiger partial charge in [0.1, 0.15) is 11.9 Å². The van der Waals surface area contributed by atoms with E-state index in [2.05, 4.69) is 43.4 Å². The Morgan fingerprint density at radius 2 is 2.11 bits per heavy atom. The normalized spacial score (nSPS) is 21.1. The summed E-state index contributed by atoms with van der Waals surface area (Å²) in [5, 5.41) is 3.49. The maximum Gasteiger partial charge on any atom is 0.122 e. The van der Waals surface area contributed by atoms with Crippen LogP contribution < -0.4 is 10.1 Å². The summed E-state index contributed by atoms with van der Waals surface area (Å²) >= 11 is 0. The van der Waals surface area contributed by atoms with Crippen LogP contribution in [-0.4, -0.2) is 25.9 Å². The maximum atomic E-state index is 5.94. The van der Waals surface area contributed by atoms with Gasteiger partial charge in [-0.3, -0.25) is 0 Å². The molecule has 1 saturated heterocycles. The monoisotopic (exact) mass is 263 g/mol. The fourth-order valence-electron chi connectivity index (χ4n) is 2.52. The average Bonchev–Trinajstić information content (AvgIpc) is 2.47. The zero-order valence-corrected chi connectivity index (χ0v) is 12.0. The molecule has 2 rings (SSSR count). The third-order valence-corrected chi connectivity index (χ3v) is 3.56. The third kappa shape index (κ3) is 4.22. The van der Waals surface area contributed by atoms with E-state index in [4.69, 9.17) is 9.47 Å². The summed E-state index contributed by atoms with van der Waals surface area (Å²) in [5.74, 6) is 0.950. The van der Waals surface area contributed by atoms with Crippen LogP contribution in [0.15, 0.2) is 24.3 Å². The predicted octanol–water partition coefficient (Wildman–Crippen LogP) is 3.31. The minimum atomic E-state index is 0.218. The Morgan fingerprint density at radius 3 is 2.68 bits per heavy atom. The minimum absolute atomic E-state index is 0.218. The number of nitrogens with one attached hydrogen (secondary N) is 1. The fraction of sp³-hybridized carbons (Fsp3) is 0.625. The Morgan fingerprint density at radius 1 is 1.32 bits per heavy atom. The first-order valence-corrected chi connectivity index (χ1v) is 7.41. The summed E-state index contributed by atoms with van der Waals surface area (Å²) < 4.78 is 11.4. The molecular weight excluding hydrogens is 238 g/mol. The van der Waals surface area contributed by atoms with Crippen molar-refractivity contribution in [2.75, 3.05) is 19.8 Å². The van der Waals surface area contributed by atoms with Gasteiger partial charge in [-0.2, -0.15) is 0 Å².